The Morgan fingerprint density at radius 1 is 1.05 bits per heavy atom. The van der Waals surface area contributed by atoms with Gasteiger partial charge in [-0.15, -0.1) is 0 Å². The van der Waals surface area contributed by atoms with Crippen molar-refractivity contribution < 1.29 is 27.9 Å². The number of hydrogen-bond acceptors (Lipinski definition) is 5. The van der Waals surface area contributed by atoms with E-state index in [4.69, 9.17) is 10.2 Å². The SMILES string of the molecule is CC(C)(C)c1nn(-c2ccc(C(F)(F)F)cn2)cc1C(Nc1ccc(C(=O)NCCC(=O)O)cc1)C1CCCCC1. The summed E-state index contributed by atoms with van der Waals surface area (Å²) in [6.45, 7) is 6.21. The van der Waals surface area contributed by atoms with Crippen molar-refractivity contribution in [2.24, 2.45) is 5.92 Å². The lowest BCUT2D eigenvalue weighted by Crippen LogP contribution is -2.27. The van der Waals surface area contributed by atoms with Crippen LogP contribution in [0.5, 0.6) is 0 Å². The van der Waals surface area contributed by atoms with Gasteiger partial charge in [0.2, 0.25) is 0 Å². The molecule has 0 spiro atoms. The number of alkyl halides is 3. The van der Waals surface area contributed by atoms with Gasteiger partial charge >= 0.3 is 12.1 Å². The van der Waals surface area contributed by atoms with Gasteiger partial charge in [-0.1, -0.05) is 40.0 Å². The van der Waals surface area contributed by atoms with Crippen LogP contribution in [-0.2, 0) is 16.4 Å². The van der Waals surface area contributed by atoms with E-state index in [2.05, 4.69) is 36.4 Å². The predicted molar refractivity (Wildman–Crippen MR) is 149 cm³/mol. The number of carbonyl (C=O) groups excluding carboxylic acids is 1. The molecule has 4 rings (SSSR count). The minimum absolute atomic E-state index is 0.0469. The molecule has 0 aliphatic heterocycles. The number of benzene rings is 1. The van der Waals surface area contributed by atoms with Gasteiger partial charge < -0.3 is 15.7 Å². The maximum Gasteiger partial charge on any atom is 0.417 e. The van der Waals surface area contributed by atoms with Crippen LogP contribution in [0.15, 0.2) is 48.8 Å². The maximum atomic E-state index is 13.1. The Hall–Kier alpha value is -3.89. The largest absolute Gasteiger partial charge is 0.481 e. The van der Waals surface area contributed by atoms with Crippen LogP contribution in [0.3, 0.4) is 0 Å². The first kappa shape index (κ1) is 30.1. The van der Waals surface area contributed by atoms with Crippen LogP contribution >= 0.6 is 0 Å². The van der Waals surface area contributed by atoms with Gasteiger partial charge in [-0.05, 0) is 55.2 Å². The minimum Gasteiger partial charge on any atom is -0.481 e. The lowest BCUT2D eigenvalue weighted by molar-refractivity contribution is -0.138. The number of hydrogen-bond donors (Lipinski definition) is 3. The van der Waals surface area contributed by atoms with Gasteiger partial charge in [0.25, 0.3) is 5.91 Å². The number of halogens is 3. The summed E-state index contributed by atoms with van der Waals surface area (Å²) in [6.07, 6.45) is 3.51. The van der Waals surface area contributed by atoms with Gasteiger partial charge in [0.15, 0.2) is 5.82 Å². The van der Waals surface area contributed by atoms with Crippen LogP contribution in [0, 0.1) is 5.92 Å². The van der Waals surface area contributed by atoms with Gasteiger partial charge in [0.05, 0.1) is 23.7 Å². The van der Waals surface area contributed by atoms with E-state index in [-0.39, 0.29) is 30.3 Å². The van der Waals surface area contributed by atoms with Crippen molar-refractivity contribution in [3.63, 3.8) is 0 Å². The summed E-state index contributed by atoms with van der Waals surface area (Å²) in [5.41, 5.74) is 1.86. The lowest BCUT2D eigenvalue weighted by Gasteiger charge is -2.33. The highest BCUT2D eigenvalue weighted by atomic mass is 19.4. The third kappa shape index (κ3) is 7.65. The minimum atomic E-state index is -4.47. The van der Waals surface area contributed by atoms with Crippen LogP contribution < -0.4 is 10.6 Å². The molecule has 1 aromatic carbocycles. The second-order valence-electron chi connectivity index (χ2n) is 11.5. The fraction of sp³-hybridized carbons (Fsp3) is 0.467. The lowest BCUT2D eigenvalue weighted by atomic mass is 9.78. The number of pyridine rings is 1. The molecule has 0 bridgehead atoms. The Labute approximate surface area is 237 Å². The van der Waals surface area contributed by atoms with Crippen molar-refractivity contribution in [3.8, 4) is 5.82 Å². The number of nitrogens with zero attached hydrogens (tertiary/aromatic N) is 3. The van der Waals surface area contributed by atoms with E-state index < -0.39 is 17.7 Å². The third-order valence-electron chi connectivity index (χ3n) is 7.31. The normalized spacial score (nSPS) is 15.4. The highest BCUT2D eigenvalue weighted by molar-refractivity contribution is 5.94. The Bertz CT molecular complexity index is 1340. The zero-order valence-corrected chi connectivity index (χ0v) is 23.5. The van der Waals surface area contributed by atoms with E-state index in [1.807, 2.05) is 18.3 Å². The quantitative estimate of drug-likeness (QED) is 0.270. The smallest absolute Gasteiger partial charge is 0.417 e. The number of amides is 1. The number of carboxylic acids is 1. The molecule has 3 aromatic rings. The summed E-state index contributed by atoms with van der Waals surface area (Å²) in [5, 5.41) is 19.9. The molecule has 1 saturated carbocycles. The van der Waals surface area contributed by atoms with Gasteiger partial charge in [-0.2, -0.15) is 18.3 Å². The van der Waals surface area contributed by atoms with Crippen LogP contribution in [0.1, 0.15) is 92.5 Å². The molecule has 3 N–H and O–H groups in total. The van der Waals surface area contributed by atoms with E-state index >= 15 is 0 Å². The van der Waals surface area contributed by atoms with Crippen LogP contribution in [0.25, 0.3) is 5.82 Å². The average Bonchev–Trinajstić information content (AvgIpc) is 3.38. The second kappa shape index (κ2) is 12.3. The number of aliphatic carboxylic acids is 1. The van der Waals surface area contributed by atoms with Gasteiger partial charge in [-0.25, -0.2) is 9.67 Å². The molecule has 1 atom stereocenters. The Morgan fingerprint density at radius 3 is 2.29 bits per heavy atom. The molecule has 220 valence electrons. The standard InChI is InChI=1S/C30H36F3N5O3/c1-29(2,3)27-23(18-38(37-27)24-14-11-21(17-35-24)30(31,32)33)26(19-7-5-4-6-8-19)36-22-12-9-20(10-13-22)28(41)34-16-15-25(39)40/h9-14,17-19,26,36H,4-8,15-16H2,1-3H3,(H,34,41)(H,39,40). The topological polar surface area (TPSA) is 109 Å². The van der Waals surface area contributed by atoms with Crippen LogP contribution in [0.4, 0.5) is 18.9 Å². The molecule has 1 amide bonds. The number of aromatic nitrogens is 3. The summed E-state index contributed by atoms with van der Waals surface area (Å²) < 4.78 is 40.9. The van der Waals surface area contributed by atoms with Crippen LogP contribution in [-0.4, -0.2) is 38.3 Å². The third-order valence-corrected chi connectivity index (χ3v) is 7.31. The van der Waals surface area contributed by atoms with Crippen molar-refractivity contribution in [3.05, 3.63) is 71.2 Å². The van der Waals surface area contributed by atoms with Gasteiger partial charge in [0, 0.05) is 41.2 Å². The molecular formula is C30H36F3N5O3. The van der Waals surface area contributed by atoms with E-state index in [1.54, 1.807) is 16.8 Å². The fourth-order valence-corrected chi connectivity index (χ4v) is 5.20. The summed E-state index contributed by atoms with van der Waals surface area (Å²) in [4.78, 5) is 27.2. The number of rotatable bonds is 9. The molecule has 2 heterocycles. The molecule has 1 unspecified atom stereocenters. The zero-order valence-electron chi connectivity index (χ0n) is 23.5. The monoisotopic (exact) mass is 571 g/mol. The highest BCUT2D eigenvalue weighted by Gasteiger charge is 2.34. The molecule has 8 nitrogen and oxygen atoms in total. The number of anilines is 1. The van der Waals surface area contributed by atoms with Gasteiger partial charge in [0.1, 0.15) is 0 Å². The molecule has 1 aliphatic rings. The summed E-state index contributed by atoms with van der Waals surface area (Å²) >= 11 is 0. The number of carbonyl (C=O) groups is 2. The number of carboxylic acid groups (broad SMARTS) is 1. The first-order valence-electron chi connectivity index (χ1n) is 13.8. The second-order valence-corrected chi connectivity index (χ2v) is 11.5. The molecule has 1 aliphatic carbocycles. The maximum absolute atomic E-state index is 13.1. The molecule has 11 heteroatoms. The number of nitrogens with one attached hydrogen (secondary N) is 2. The van der Waals surface area contributed by atoms with Crippen LogP contribution in [0.2, 0.25) is 0 Å². The Balaban J connectivity index is 1.65. The molecular weight excluding hydrogens is 535 g/mol. The van der Waals surface area contributed by atoms with Crippen molar-refractivity contribution in [2.45, 2.75) is 76.9 Å². The first-order chi connectivity index (χ1) is 19.3. The van der Waals surface area contributed by atoms with E-state index in [1.165, 1.54) is 12.5 Å². The van der Waals surface area contributed by atoms with Crippen molar-refractivity contribution in [1.29, 1.82) is 0 Å². The van der Waals surface area contributed by atoms with E-state index in [9.17, 15) is 22.8 Å². The predicted octanol–water partition coefficient (Wildman–Crippen LogP) is 6.52. The van der Waals surface area contributed by atoms with Crippen molar-refractivity contribution >= 4 is 17.6 Å². The zero-order chi connectivity index (χ0) is 29.8. The Morgan fingerprint density at radius 2 is 1.73 bits per heavy atom. The molecule has 2 aromatic heterocycles. The molecule has 41 heavy (non-hydrogen) atoms. The summed E-state index contributed by atoms with van der Waals surface area (Å²) in [7, 11) is 0. The van der Waals surface area contributed by atoms with E-state index in [0.717, 1.165) is 54.9 Å². The Kier molecular flexibility index (Phi) is 9.04. The van der Waals surface area contributed by atoms with Crippen molar-refractivity contribution in [1.82, 2.24) is 20.1 Å². The van der Waals surface area contributed by atoms with Crippen molar-refractivity contribution in [2.75, 3.05) is 11.9 Å². The molecule has 0 saturated heterocycles. The summed E-state index contributed by atoms with van der Waals surface area (Å²) in [6, 6.07) is 9.24. The first-order valence-corrected chi connectivity index (χ1v) is 13.8. The molecule has 1 fully saturated rings. The highest BCUT2D eigenvalue weighted by Crippen LogP contribution is 2.41. The fourth-order valence-electron chi connectivity index (χ4n) is 5.20. The average molecular weight is 572 g/mol. The summed E-state index contributed by atoms with van der Waals surface area (Å²) in [5.74, 6) is -0.718. The molecule has 0 radical (unpaired) electrons. The van der Waals surface area contributed by atoms with Gasteiger partial charge in [-0.3, -0.25) is 9.59 Å². The van der Waals surface area contributed by atoms with E-state index in [0.29, 0.717) is 17.3 Å².